The number of anilines is 1. The summed E-state index contributed by atoms with van der Waals surface area (Å²) in [6.45, 7) is 9.61. The van der Waals surface area contributed by atoms with E-state index < -0.39 is 18.0 Å². The first-order chi connectivity index (χ1) is 12.7. The Morgan fingerprint density at radius 3 is 2.44 bits per heavy atom. The number of para-hydroxylation sites is 1. The largest absolute Gasteiger partial charge is 0.481 e. The maximum absolute atomic E-state index is 12.4. The molecule has 1 aliphatic heterocycles. The Labute approximate surface area is 165 Å². The van der Waals surface area contributed by atoms with Crippen LogP contribution in [0.5, 0.6) is 5.75 Å². The predicted molar refractivity (Wildman–Crippen MR) is 107 cm³/mol. The first-order valence-electron chi connectivity index (χ1n) is 9.05. The molecule has 2 atom stereocenters. The minimum absolute atomic E-state index is 0.0959. The molecule has 1 heterocycles. The molecule has 0 amide bonds. The van der Waals surface area contributed by atoms with Crippen LogP contribution in [0.15, 0.2) is 18.2 Å². The number of fused-ring (bicyclic) bond motifs is 1. The highest BCUT2D eigenvalue weighted by atomic mass is 32.1. The Kier molecular flexibility index (Phi) is 6.81. The summed E-state index contributed by atoms with van der Waals surface area (Å²) in [5, 5.41) is 0. The summed E-state index contributed by atoms with van der Waals surface area (Å²) >= 11 is 5.62. The fourth-order valence-corrected chi connectivity index (χ4v) is 3.43. The van der Waals surface area contributed by atoms with E-state index in [1.807, 2.05) is 32.0 Å². The Balaban J connectivity index is 2.34. The van der Waals surface area contributed by atoms with Crippen LogP contribution in [0.3, 0.4) is 0 Å². The molecule has 148 valence electrons. The molecule has 0 saturated carbocycles. The fourth-order valence-electron chi connectivity index (χ4n) is 2.95. The number of thiocarbonyl (C=S) groups is 1. The normalized spacial score (nSPS) is 17.4. The van der Waals surface area contributed by atoms with Crippen LogP contribution in [0, 0.1) is 5.92 Å². The number of benzene rings is 1. The van der Waals surface area contributed by atoms with Gasteiger partial charge in [-0.15, -0.1) is 0 Å². The van der Waals surface area contributed by atoms with Crippen LogP contribution in [0.25, 0.3) is 0 Å². The van der Waals surface area contributed by atoms with Crippen LogP contribution in [0.1, 0.15) is 46.1 Å². The number of ether oxygens (including phenoxy) is 3. The van der Waals surface area contributed by atoms with Gasteiger partial charge in [-0.2, -0.15) is 0 Å². The number of methoxy groups -OCH3 is 1. The second-order valence-electron chi connectivity index (χ2n) is 7.21. The molecule has 0 spiro atoms. The molecule has 0 N–H and O–H groups in total. The number of esters is 2. The van der Waals surface area contributed by atoms with Crippen molar-refractivity contribution in [3.63, 3.8) is 0 Å². The lowest BCUT2D eigenvalue weighted by molar-refractivity contribution is -0.163. The van der Waals surface area contributed by atoms with Crippen molar-refractivity contribution in [2.45, 2.75) is 52.7 Å². The first kappa shape index (κ1) is 21.2. The quantitative estimate of drug-likeness (QED) is 0.542. The third kappa shape index (κ3) is 4.58. The number of nitrogens with zero attached hydrogens (tertiary/aromatic N) is 1. The van der Waals surface area contributed by atoms with E-state index in [-0.39, 0.29) is 24.5 Å². The summed E-state index contributed by atoms with van der Waals surface area (Å²) in [4.78, 5) is 26.2. The van der Waals surface area contributed by atoms with Gasteiger partial charge in [0.15, 0.2) is 12.2 Å². The molecule has 1 aromatic carbocycles. The Hall–Kier alpha value is -2.15. The van der Waals surface area contributed by atoms with Crippen molar-refractivity contribution in [3.8, 4) is 5.75 Å². The van der Waals surface area contributed by atoms with E-state index in [4.69, 9.17) is 21.7 Å². The molecule has 0 saturated heterocycles. The number of carbonyl (C=O) groups is 2. The molecule has 7 heteroatoms. The monoisotopic (exact) mass is 393 g/mol. The summed E-state index contributed by atoms with van der Waals surface area (Å²) in [5.41, 5.74) is 1.80. The molecule has 27 heavy (non-hydrogen) atoms. The summed E-state index contributed by atoms with van der Waals surface area (Å²) in [7, 11) is 1.25. The Morgan fingerprint density at radius 1 is 1.22 bits per heavy atom. The van der Waals surface area contributed by atoms with Crippen LogP contribution >= 0.6 is 12.2 Å². The molecule has 0 bridgehead atoms. The Morgan fingerprint density at radius 2 is 1.89 bits per heavy atom. The number of hydrogen-bond acceptors (Lipinski definition) is 6. The SMILES string of the molecule is COC(=O)[C@H](C)OC(=O)CN1C(=S)[C@@H](C(C)C)Oc2c(C(C)C)cccc21. The van der Waals surface area contributed by atoms with Crippen molar-refractivity contribution < 1.29 is 23.8 Å². The molecule has 2 rings (SSSR count). The number of carbonyl (C=O) groups excluding carboxylic acids is 2. The maximum atomic E-state index is 12.4. The highest BCUT2D eigenvalue weighted by Crippen LogP contribution is 2.41. The van der Waals surface area contributed by atoms with Crippen molar-refractivity contribution in [1.29, 1.82) is 0 Å². The second kappa shape index (κ2) is 8.69. The van der Waals surface area contributed by atoms with Crippen molar-refractivity contribution >= 4 is 34.8 Å². The van der Waals surface area contributed by atoms with Gasteiger partial charge < -0.3 is 19.1 Å². The molecule has 0 aliphatic carbocycles. The summed E-state index contributed by atoms with van der Waals surface area (Å²) in [6, 6.07) is 5.82. The number of hydrogen-bond donors (Lipinski definition) is 0. The van der Waals surface area contributed by atoms with E-state index in [1.54, 1.807) is 4.90 Å². The van der Waals surface area contributed by atoms with Gasteiger partial charge in [-0.25, -0.2) is 4.79 Å². The van der Waals surface area contributed by atoms with Gasteiger partial charge in [-0.3, -0.25) is 4.79 Å². The minimum Gasteiger partial charge on any atom is -0.481 e. The molecule has 6 nitrogen and oxygen atoms in total. The zero-order chi connectivity index (χ0) is 20.3. The minimum atomic E-state index is -0.973. The average Bonchev–Trinajstić information content (AvgIpc) is 2.61. The lowest BCUT2D eigenvalue weighted by atomic mass is 9.97. The number of rotatable bonds is 6. The molecule has 0 aromatic heterocycles. The third-order valence-corrected chi connectivity index (χ3v) is 4.88. The highest BCUT2D eigenvalue weighted by molar-refractivity contribution is 7.80. The zero-order valence-corrected chi connectivity index (χ0v) is 17.5. The molecule has 0 fully saturated rings. The van der Waals surface area contributed by atoms with Gasteiger partial charge in [-0.1, -0.05) is 52.0 Å². The summed E-state index contributed by atoms with van der Waals surface area (Å²) in [5.74, 6) is -0.0180. The highest BCUT2D eigenvalue weighted by Gasteiger charge is 2.36. The molecular formula is C20H27NO5S. The first-order valence-corrected chi connectivity index (χ1v) is 9.46. The van der Waals surface area contributed by atoms with Crippen molar-refractivity contribution in [2.75, 3.05) is 18.6 Å². The maximum Gasteiger partial charge on any atom is 0.346 e. The predicted octanol–water partition coefficient (Wildman–Crippen LogP) is 3.47. The fraction of sp³-hybridized carbons (Fsp3) is 0.550. The van der Waals surface area contributed by atoms with Gasteiger partial charge in [0.25, 0.3) is 0 Å². The van der Waals surface area contributed by atoms with Gasteiger partial charge in [0.2, 0.25) is 0 Å². The van der Waals surface area contributed by atoms with Crippen LogP contribution in [0.2, 0.25) is 0 Å². The lowest BCUT2D eigenvalue weighted by Gasteiger charge is -2.39. The van der Waals surface area contributed by atoms with Crippen LogP contribution in [0.4, 0.5) is 5.69 Å². The molecule has 0 radical (unpaired) electrons. The van der Waals surface area contributed by atoms with Crippen molar-refractivity contribution in [1.82, 2.24) is 0 Å². The zero-order valence-electron chi connectivity index (χ0n) is 16.6. The average molecular weight is 394 g/mol. The molecule has 1 aromatic rings. The lowest BCUT2D eigenvalue weighted by Crippen LogP contribution is -2.49. The van der Waals surface area contributed by atoms with Crippen LogP contribution < -0.4 is 9.64 Å². The van der Waals surface area contributed by atoms with E-state index in [2.05, 4.69) is 18.6 Å². The smallest absolute Gasteiger partial charge is 0.346 e. The van der Waals surface area contributed by atoms with Gasteiger partial charge in [-0.05, 0) is 30.4 Å². The van der Waals surface area contributed by atoms with Crippen LogP contribution in [-0.2, 0) is 19.1 Å². The molecule has 1 aliphatic rings. The molecule has 0 unspecified atom stereocenters. The molecular weight excluding hydrogens is 366 g/mol. The van der Waals surface area contributed by atoms with Gasteiger partial charge >= 0.3 is 11.9 Å². The van der Waals surface area contributed by atoms with Gasteiger partial charge in [0, 0.05) is 0 Å². The van der Waals surface area contributed by atoms with E-state index in [9.17, 15) is 9.59 Å². The van der Waals surface area contributed by atoms with Gasteiger partial charge in [0.1, 0.15) is 17.3 Å². The third-order valence-electron chi connectivity index (χ3n) is 4.43. The Bertz CT molecular complexity index is 731. The van der Waals surface area contributed by atoms with E-state index in [1.165, 1.54) is 14.0 Å². The standard InChI is InChI=1S/C20H27NO5S/c1-11(2)14-8-7-9-15-18(14)26-17(12(3)4)19(27)21(15)10-16(22)25-13(5)20(23)24-6/h7-9,11-13,17H,10H2,1-6H3/t13-,17+/m0/s1. The van der Waals surface area contributed by atoms with Crippen molar-refractivity contribution in [3.05, 3.63) is 23.8 Å². The van der Waals surface area contributed by atoms with Gasteiger partial charge in [0.05, 0.1) is 12.8 Å². The topological polar surface area (TPSA) is 65.1 Å². The van der Waals surface area contributed by atoms with Crippen LogP contribution in [-0.4, -0.2) is 42.8 Å². The van der Waals surface area contributed by atoms with E-state index >= 15 is 0 Å². The second-order valence-corrected chi connectivity index (χ2v) is 7.63. The van der Waals surface area contributed by atoms with E-state index in [0.29, 0.717) is 4.99 Å². The van der Waals surface area contributed by atoms with E-state index in [0.717, 1.165) is 17.0 Å². The van der Waals surface area contributed by atoms with Crippen molar-refractivity contribution in [2.24, 2.45) is 5.92 Å². The summed E-state index contributed by atoms with van der Waals surface area (Å²) < 4.78 is 16.0. The summed E-state index contributed by atoms with van der Waals surface area (Å²) in [6.07, 6.45) is -1.29.